The Hall–Kier alpha value is -3.55. The third-order valence-electron chi connectivity index (χ3n) is 5.65. The maximum absolute atomic E-state index is 12.7. The molecule has 0 bridgehead atoms. The summed E-state index contributed by atoms with van der Waals surface area (Å²) in [4.78, 5) is 31.4. The van der Waals surface area contributed by atoms with Gasteiger partial charge in [-0.1, -0.05) is 12.1 Å². The zero-order valence-electron chi connectivity index (χ0n) is 17.9. The van der Waals surface area contributed by atoms with Crippen LogP contribution in [0.5, 0.6) is 11.5 Å². The Morgan fingerprint density at radius 2 is 1.94 bits per heavy atom. The van der Waals surface area contributed by atoms with Gasteiger partial charge in [-0.25, -0.2) is 4.98 Å². The topological polar surface area (TPSA) is 85.7 Å². The van der Waals surface area contributed by atoms with Crippen molar-refractivity contribution in [3.05, 3.63) is 48.3 Å². The standard InChI is InChI=1S/C23H26N4O4/c1-15-25-18-6-4-5-7-19(18)26(15)11-10-24-23(29)16-12-22(28)27(14-16)17-8-9-20(30-2)21(13-17)31-3/h4-9,13,16H,10-12,14H2,1-3H3,(H,24,29). The fraction of sp³-hybridized carbons (Fsp3) is 0.348. The molecule has 2 amide bonds. The van der Waals surface area contributed by atoms with Crippen molar-refractivity contribution in [3.63, 3.8) is 0 Å². The molecule has 0 aliphatic carbocycles. The van der Waals surface area contributed by atoms with Crippen molar-refractivity contribution in [1.82, 2.24) is 14.9 Å². The Morgan fingerprint density at radius 3 is 2.71 bits per heavy atom. The van der Waals surface area contributed by atoms with Gasteiger partial charge in [0, 0.05) is 37.8 Å². The molecule has 2 heterocycles. The van der Waals surface area contributed by atoms with Crippen LogP contribution in [0.4, 0.5) is 5.69 Å². The van der Waals surface area contributed by atoms with Gasteiger partial charge in [0.25, 0.3) is 0 Å². The fourth-order valence-corrected chi connectivity index (χ4v) is 4.04. The predicted octanol–water partition coefficient (Wildman–Crippen LogP) is 2.53. The summed E-state index contributed by atoms with van der Waals surface area (Å²) in [5.41, 5.74) is 2.68. The number of hydrogen-bond donors (Lipinski definition) is 1. The highest BCUT2D eigenvalue weighted by Gasteiger charge is 2.35. The highest BCUT2D eigenvalue weighted by molar-refractivity contribution is 6.00. The number of anilines is 1. The second-order valence-corrected chi connectivity index (χ2v) is 7.54. The summed E-state index contributed by atoms with van der Waals surface area (Å²) in [6.45, 7) is 3.39. The number of rotatable bonds is 7. The molecular formula is C23H26N4O4. The van der Waals surface area contributed by atoms with Gasteiger partial charge in [-0.2, -0.15) is 0 Å². The van der Waals surface area contributed by atoms with Crippen LogP contribution in [-0.2, 0) is 16.1 Å². The largest absolute Gasteiger partial charge is 0.493 e. The molecule has 1 N–H and O–H groups in total. The van der Waals surface area contributed by atoms with Crippen LogP contribution in [0, 0.1) is 12.8 Å². The number of aromatic nitrogens is 2. The molecule has 1 atom stereocenters. The molecule has 8 heteroatoms. The molecule has 31 heavy (non-hydrogen) atoms. The molecular weight excluding hydrogens is 396 g/mol. The molecule has 0 radical (unpaired) electrons. The van der Waals surface area contributed by atoms with Gasteiger partial charge in [0.15, 0.2) is 11.5 Å². The molecule has 0 saturated carbocycles. The second kappa shape index (κ2) is 8.67. The van der Waals surface area contributed by atoms with Gasteiger partial charge in [-0.3, -0.25) is 9.59 Å². The Bertz CT molecular complexity index is 1120. The first kappa shape index (κ1) is 20.7. The number of fused-ring (bicyclic) bond motifs is 1. The van der Waals surface area contributed by atoms with E-state index in [4.69, 9.17) is 9.47 Å². The number of nitrogens with zero attached hydrogens (tertiary/aromatic N) is 3. The Kier molecular flexibility index (Phi) is 5.79. The number of nitrogens with one attached hydrogen (secondary N) is 1. The number of ether oxygens (including phenoxy) is 2. The molecule has 1 fully saturated rings. The predicted molar refractivity (Wildman–Crippen MR) is 117 cm³/mol. The van der Waals surface area contributed by atoms with Gasteiger partial charge in [-0.15, -0.1) is 0 Å². The monoisotopic (exact) mass is 422 g/mol. The summed E-state index contributed by atoms with van der Waals surface area (Å²) in [5.74, 6) is 1.47. The normalized spacial score (nSPS) is 16.0. The molecule has 3 aromatic rings. The smallest absolute Gasteiger partial charge is 0.227 e. The lowest BCUT2D eigenvalue weighted by Gasteiger charge is -2.18. The van der Waals surface area contributed by atoms with Crippen LogP contribution < -0.4 is 19.7 Å². The molecule has 1 aliphatic rings. The lowest BCUT2D eigenvalue weighted by Crippen LogP contribution is -2.34. The maximum Gasteiger partial charge on any atom is 0.227 e. The summed E-state index contributed by atoms with van der Waals surface area (Å²) in [7, 11) is 3.11. The van der Waals surface area contributed by atoms with Crippen molar-refractivity contribution >= 4 is 28.5 Å². The number of methoxy groups -OCH3 is 2. The third-order valence-corrected chi connectivity index (χ3v) is 5.65. The quantitative estimate of drug-likeness (QED) is 0.632. The first-order chi connectivity index (χ1) is 15.0. The van der Waals surface area contributed by atoms with Gasteiger partial charge in [0.1, 0.15) is 5.82 Å². The summed E-state index contributed by atoms with van der Waals surface area (Å²) >= 11 is 0. The van der Waals surface area contributed by atoms with E-state index >= 15 is 0 Å². The van der Waals surface area contributed by atoms with Gasteiger partial charge in [0.05, 0.1) is 31.2 Å². The van der Waals surface area contributed by atoms with E-state index in [1.165, 1.54) is 0 Å². The Morgan fingerprint density at radius 1 is 1.16 bits per heavy atom. The average Bonchev–Trinajstić information content (AvgIpc) is 3.32. The number of carbonyl (C=O) groups is 2. The summed E-state index contributed by atoms with van der Waals surface area (Å²) in [5, 5.41) is 2.98. The molecule has 0 spiro atoms. The van der Waals surface area contributed by atoms with Crippen LogP contribution in [0.1, 0.15) is 12.2 Å². The molecule has 2 aromatic carbocycles. The van der Waals surface area contributed by atoms with Crippen LogP contribution >= 0.6 is 0 Å². The van der Waals surface area contributed by atoms with Crippen LogP contribution in [0.25, 0.3) is 11.0 Å². The van der Waals surface area contributed by atoms with E-state index in [2.05, 4.69) is 14.9 Å². The highest BCUT2D eigenvalue weighted by Crippen LogP contribution is 2.34. The third kappa shape index (κ3) is 4.05. The highest BCUT2D eigenvalue weighted by atomic mass is 16.5. The van der Waals surface area contributed by atoms with Crippen LogP contribution in [0.15, 0.2) is 42.5 Å². The van der Waals surface area contributed by atoms with Gasteiger partial charge in [-0.05, 0) is 31.2 Å². The van der Waals surface area contributed by atoms with Crippen molar-refractivity contribution in [2.45, 2.75) is 19.9 Å². The van der Waals surface area contributed by atoms with E-state index in [0.717, 1.165) is 16.9 Å². The van der Waals surface area contributed by atoms with Crippen molar-refractivity contribution in [2.75, 3.05) is 32.2 Å². The summed E-state index contributed by atoms with van der Waals surface area (Å²) in [6, 6.07) is 13.2. The minimum Gasteiger partial charge on any atom is -0.493 e. The molecule has 162 valence electrons. The first-order valence-electron chi connectivity index (χ1n) is 10.2. The minimum atomic E-state index is -0.388. The first-order valence-corrected chi connectivity index (χ1v) is 10.2. The van der Waals surface area contributed by atoms with Gasteiger partial charge < -0.3 is 24.3 Å². The van der Waals surface area contributed by atoms with Crippen molar-refractivity contribution in [1.29, 1.82) is 0 Å². The molecule has 8 nitrogen and oxygen atoms in total. The minimum absolute atomic E-state index is 0.0798. The van der Waals surface area contributed by atoms with E-state index in [1.54, 1.807) is 37.3 Å². The van der Waals surface area contributed by atoms with Crippen LogP contribution in [0.2, 0.25) is 0 Å². The Balaban J connectivity index is 1.38. The summed E-state index contributed by atoms with van der Waals surface area (Å²) in [6.07, 6.45) is 0.188. The summed E-state index contributed by atoms with van der Waals surface area (Å²) < 4.78 is 12.7. The zero-order valence-corrected chi connectivity index (χ0v) is 17.9. The van der Waals surface area contributed by atoms with Crippen molar-refractivity contribution in [3.8, 4) is 11.5 Å². The number of benzene rings is 2. The second-order valence-electron chi connectivity index (χ2n) is 7.54. The molecule has 1 unspecified atom stereocenters. The lowest BCUT2D eigenvalue weighted by molar-refractivity contribution is -0.126. The number of aryl methyl sites for hydroxylation is 1. The number of imidazole rings is 1. The number of carbonyl (C=O) groups excluding carboxylic acids is 2. The van der Waals surface area contributed by atoms with Gasteiger partial charge in [0.2, 0.25) is 11.8 Å². The number of hydrogen-bond acceptors (Lipinski definition) is 5. The van der Waals surface area contributed by atoms with E-state index in [0.29, 0.717) is 36.8 Å². The van der Waals surface area contributed by atoms with Crippen molar-refractivity contribution in [2.24, 2.45) is 5.92 Å². The average molecular weight is 422 g/mol. The Labute approximate surface area is 180 Å². The zero-order chi connectivity index (χ0) is 22.0. The van der Waals surface area contributed by atoms with E-state index in [9.17, 15) is 9.59 Å². The fourth-order valence-electron chi connectivity index (χ4n) is 4.04. The lowest BCUT2D eigenvalue weighted by atomic mass is 10.1. The SMILES string of the molecule is COc1ccc(N2CC(C(=O)NCCn3c(C)nc4ccccc43)CC2=O)cc1OC. The van der Waals surface area contributed by atoms with E-state index in [-0.39, 0.29) is 24.2 Å². The van der Waals surface area contributed by atoms with E-state index in [1.807, 2.05) is 31.2 Å². The molecule has 1 aliphatic heterocycles. The molecule has 1 saturated heterocycles. The van der Waals surface area contributed by atoms with Gasteiger partial charge >= 0.3 is 0 Å². The molecule has 1 aromatic heterocycles. The van der Waals surface area contributed by atoms with Crippen LogP contribution in [0.3, 0.4) is 0 Å². The van der Waals surface area contributed by atoms with Crippen molar-refractivity contribution < 1.29 is 19.1 Å². The maximum atomic E-state index is 12.7. The molecule has 4 rings (SSSR count). The van der Waals surface area contributed by atoms with Crippen LogP contribution in [-0.4, -0.2) is 48.7 Å². The number of para-hydroxylation sites is 2. The van der Waals surface area contributed by atoms with E-state index < -0.39 is 0 Å². The number of amides is 2.